The van der Waals surface area contributed by atoms with Crippen LogP contribution in [0.15, 0.2) is 24.3 Å². The van der Waals surface area contributed by atoms with Gasteiger partial charge in [0.2, 0.25) is 0 Å². The summed E-state index contributed by atoms with van der Waals surface area (Å²) in [5.74, 6) is 0. The van der Waals surface area contributed by atoms with Crippen LogP contribution in [0.5, 0.6) is 0 Å². The van der Waals surface area contributed by atoms with E-state index < -0.39 is 0 Å². The van der Waals surface area contributed by atoms with Gasteiger partial charge in [0.15, 0.2) is 0 Å². The Morgan fingerprint density at radius 2 is 1.78 bits per heavy atom. The molecule has 2 N–H and O–H groups in total. The van der Waals surface area contributed by atoms with Crippen LogP contribution in [0, 0.1) is 0 Å². The maximum absolute atomic E-state index is 12.1. The van der Waals surface area contributed by atoms with Crippen molar-refractivity contribution in [3.05, 3.63) is 35.4 Å². The van der Waals surface area contributed by atoms with E-state index >= 15 is 0 Å². The number of hydrogen-bond acceptors (Lipinski definition) is 3. The molecule has 5 heteroatoms. The molecule has 2 amide bonds. The summed E-state index contributed by atoms with van der Waals surface area (Å²) in [7, 11) is 0. The van der Waals surface area contributed by atoms with Crippen molar-refractivity contribution in [1.82, 2.24) is 15.1 Å². The number of urea groups is 1. The Morgan fingerprint density at radius 1 is 1.09 bits per heavy atom. The number of carbonyl (C=O) groups excluding carboxylic acids is 1. The first-order valence-corrected chi connectivity index (χ1v) is 8.72. The first-order valence-electron chi connectivity index (χ1n) is 8.72. The molecule has 0 bridgehead atoms. The lowest BCUT2D eigenvalue weighted by Crippen LogP contribution is -2.46. The normalized spacial score (nSPS) is 22.3. The van der Waals surface area contributed by atoms with E-state index in [1.165, 1.54) is 31.5 Å². The monoisotopic (exact) mass is 317 g/mol. The molecule has 2 aliphatic heterocycles. The van der Waals surface area contributed by atoms with E-state index in [4.69, 9.17) is 0 Å². The van der Waals surface area contributed by atoms with Gasteiger partial charge in [0.25, 0.3) is 0 Å². The van der Waals surface area contributed by atoms with Crippen LogP contribution in [-0.2, 0) is 13.1 Å². The van der Waals surface area contributed by atoms with Gasteiger partial charge in [-0.15, -0.1) is 0 Å². The average Bonchev–Trinajstić information content (AvgIpc) is 3.07. The highest BCUT2D eigenvalue weighted by atomic mass is 16.3. The molecule has 0 unspecified atom stereocenters. The van der Waals surface area contributed by atoms with Crippen molar-refractivity contribution >= 4 is 6.03 Å². The molecule has 1 atom stereocenters. The van der Waals surface area contributed by atoms with Crippen molar-refractivity contribution in [2.75, 3.05) is 26.2 Å². The first-order chi connectivity index (χ1) is 11.2. The van der Waals surface area contributed by atoms with Gasteiger partial charge in [-0.05, 0) is 49.9 Å². The van der Waals surface area contributed by atoms with Crippen LogP contribution >= 0.6 is 0 Å². The molecule has 0 spiro atoms. The number of aliphatic hydroxyl groups excluding tert-OH is 1. The van der Waals surface area contributed by atoms with Crippen molar-refractivity contribution in [3.8, 4) is 0 Å². The zero-order valence-electron chi connectivity index (χ0n) is 13.7. The number of piperidine rings is 1. The highest BCUT2D eigenvalue weighted by molar-refractivity contribution is 5.74. The van der Waals surface area contributed by atoms with E-state index in [-0.39, 0.29) is 12.1 Å². The van der Waals surface area contributed by atoms with Crippen LogP contribution in [0.25, 0.3) is 0 Å². The van der Waals surface area contributed by atoms with Crippen molar-refractivity contribution in [2.45, 2.75) is 44.9 Å². The van der Waals surface area contributed by atoms with Crippen LogP contribution in [0.3, 0.4) is 0 Å². The van der Waals surface area contributed by atoms with Crippen molar-refractivity contribution in [1.29, 1.82) is 0 Å². The van der Waals surface area contributed by atoms with Gasteiger partial charge in [-0.2, -0.15) is 0 Å². The van der Waals surface area contributed by atoms with Gasteiger partial charge in [-0.1, -0.05) is 24.3 Å². The van der Waals surface area contributed by atoms with Crippen LogP contribution in [0.2, 0.25) is 0 Å². The Morgan fingerprint density at radius 3 is 2.48 bits per heavy atom. The quantitative estimate of drug-likeness (QED) is 0.892. The molecule has 2 saturated heterocycles. The average molecular weight is 317 g/mol. The fourth-order valence-electron chi connectivity index (χ4n) is 3.39. The minimum Gasteiger partial charge on any atom is -0.391 e. The predicted octanol–water partition coefficient (Wildman–Crippen LogP) is 1.95. The van der Waals surface area contributed by atoms with Crippen LogP contribution < -0.4 is 5.32 Å². The van der Waals surface area contributed by atoms with Crippen molar-refractivity contribution in [3.63, 3.8) is 0 Å². The van der Waals surface area contributed by atoms with Gasteiger partial charge in [-0.3, -0.25) is 4.90 Å². The standard InChI is InChI=1S/C18H27N3O2/c22-17-4-3-11-21(14-17)18(23)19-12-15-5-7-16(8-6-15)13-20-9-1-2-10-20/h5-8,17,22H,1-4,9-14H2,(H,19,23)/t17-/m0/s1. The molecule has 0 radical (unpaired) electrons. The summed E-state index contributed by atoms with van der Waals surface area (Å²) in [5.41, 5.74) is 2.45. The van der Waals surface area contributed by atoms with E-state index in [0.29, 0.717) is 13.1 Å². The molecule has 0 saturated carbocycles. The number of nitrogens with zero attached hydrogens (tertiary/aromatic N) is 2. The molecule has 0 aromatic heterocycles. The van der Waals surface area contributed by atoms with Crippen molar-refractivity contribution in [2.24, 2.45) is 0 Å². The summed E-state index contributed by atoms with van der Waals surface area (Å²) < 4.78 is 0. The Labute approximate surface area is 138 Å². The summed E-state index contributed by atoms with van der Waals surface area (Å²) in [4.78, 5) is 16.3. The Bertz CT molecular complexity index is 512. The zero-order chi connectivity index (χ0) is 16.1. The van der Waals surface area contributed by atoms with Gasteiger partial charge >= 0.3 is 6.03 Å². The van der Waals surface area contributed by atoms with E-state index in [2.05, 4.69) is 34.5 Å². The Balaban J connectivity index is 1.45. The number of rotatable bonds is 4. The molecule has 1 aromatic rings. The predicted molar refractivity (Wildman–Crippen MR) is 90.0 cm³/mol. The molecule has 0 aliphatic carbocycles. The van der Waals surface area contributed by atoms with Crippen molar-refractivity contribution < 1.29 is 9.90 Å². The number of aliphatic hydroxyl groups is 1. The maximum Gasteiger partial charge on any atom is 0.317 e. The Kier molecular flexibility index (Phi) is 5.51. The number of hydrogen-bond donors (Lipinski definition) is 2. The number of amides is 2. The SMILES string of the molecule is O=C(NCc1ccc(CN2CCCC2)cc1)N1CCC[C@H](O)C1. The summed E-state index contributed by atoms with van der Waals surface area (Å²) in [6, 6.07) is 8.42. The van der Waals surface area contributed by atoms with E-state index in [1.807, 2.05) is 0 Å². The molecular weight excluding hydrogens is 290 g/mol. The molecule has 3 rings (SSSR count). The van der Waals surface area contributed by atoms with Gasteiger partial charge in [0, 0.05) is 26.2 Å². The zero-order valence-corrected chi connectivity index (χ0v) is 13.7. The minimum atomic E-state index is -0.376. The van der Waals surface area contributed by atoms with Gasteiger partial charge in [0.1, 0.15) is 0 Å². The summed E-state index contributed by atoms with van der Waals surface area (Å²) >= 11 is 0. The van der Waals surface area contributed by atoms with Crippen LogP contribution in [0.4, 0.5) is 4.79 Å². The lowest BCUT2D eigenvalue weighted by atomic mass is 10.1. The maximum atomic E-state index is 12.1. The Hall–Kier alpha value is -1.59. The molecule has 2 heterocycles. The third kappa shape index (κ3) is 4.69. The van der Waals surface area contributed by atoms with E-state index in [9.17, 15) is 9.90 Å². The summed E-state index contributed by atoms with van der Waals surface area (Å²) in [6.45, 7) is 5.16. The highest BCUT2D eigenvalue weighted by Gasteiger charge is 2.21. The lowest BCUT2D eigenvalue weighted by molar-refractivity contribution is 0.0842. The molecular formula is C18H27N3O2. The minimum absolute atomic E-state index is 0.0788. The third-order valence-corrected chi connectivity index (χ3v) is 4.76. The molecule has 2 aliphatic rings. The number of nitrogens with one attached hydrogen (secondary N) is 1. The van der Waals surface area contributed by atoms with Gasteiger partial charge in [-0.25, -0.2) is 4.79 Å². The number of carbonyl (C=O) groups is 1. The van der Waals surface area contributed by atoms with Gasteiger partial charge in [0.05, 0.1) is 6.10 Å². The molecule has 5 nitrogen and oxygen atoms in total. The highest BCUT2D eigenvalue weighted by Crippen LogP contribution is 2.14. The summed E-state index contributed by atoms with van der Waals surface area (Å²) in [5, 5.41) is 12.6. The lowest BCUT2D eigenvalue weighted by Gasteiger charge is -2.30. The summed E-state index contributed by atoms with van der Waals surface area (Å²) in [6.07, 6.45) is 3.92. The number of likely N-dealkylation sites (tertiary alicyclic amines) is 2. The fraction of sp³-hybridized carbons (Fsp3) is 0.611. The molecule has 2 fully saturated rings. The number of benzene rings is 1. The second-order valence-corrected chi connectivity index (χ2v) is 6.70. The first kappa shape index (κ1) is 16.3. The second-order valence-electron chi connectivity index (χ2n) is 6.70. The van der Waals surface area contributed by atoms with Crippen LogP contribution in [-0.4, -0.2) is 53.2 Å². The number of β-amino-alcohol motifs (C(OH)–C–C–N with tert-alkyl or cyclic N) is 1. The van der Waals surface area contributed by atoms with Gasteiger partial charge < -0.3 is 15.3 Å². The topological polar surface area (TPSA) is 55.8 Å². The third-order valence-electron chi connectivity index (χ3n) is 4.76. The second kappa shape index (κ2) is 7.79. The van der Waals surface area contributed by atoms with E-state index in [1.54, 1.807) is 4.90 Å². The van der Waals surface area contributed by atoms with E-state index in [0.717, 1.165) is 31.5 Å². The smallest absolute Gasteiger partial charge is 0.317 e. The molecule has 1 aromatic carbocycles. The molecule has 126 valence electrons. The largest absolute Gasteiger partial charge is 0.391 e. The fourth-order valence-corrected chi connectivity index (χ4v) is 3.39. The van der Waals surface area contributed by atoms with Crippen LogP contribution in [0.1, 0.15) is 36.8 Å². The molecule has 23 heavy (non-hydrogen) atoms.